The maximum absolute atomic E-state index is 5.45. The Hall–Kier alpha value is -1.85. The number of nitrogens with one attached hydrogen (secondary N) is 2. The van der Waals surface area contributed by atoms with Gasteiger partial charge in [-0.2, -0.15) is 0 Å². The number of methoxy groups -OCH3 is 1. The number of rotatable bonds is 8. The molecule has 0 unspecified atom stereocenters. The number of aromatic nitrogens is 1. The summed E-state index contributed by atoms with van der Waals surface area (Å²) >= 11 is 0. The molecular formula is C22H32N4O. The molecule has 5 heteroatoms. The number of piperidine rings is 3. The van der Waals surface area contributed by atoms with Crippen LogP contribution in [0.3, 0.4) is 0 Å². The van der Waals surface area contributed by atoms with E-state index >= 15 is 0 Å². The van der Waals surface area contributed by atoms with Crippen LogP contribution in [0.15, 0.2) is 30.5 Å². The van der Waals surface area contributed by atoms with E-state index in [0.29, 0.717) is 12.1 Å². The van der Waals surface area contributed by atoms with Gasteiger partial charge in [-0.3, -0.25) is 4.98 Å². The molecule has 0 spiro atoms. The molecule has 2 aromatic rings. The van der Waals surface area contributed by atoms with Crippen LogP contribution in [0.2, 0.25) is 0 Å². The predicted octanol–water partition coefficient (Wildman–Crippen LogP) is 3.51. The number of nitrogens with zero attached hydrogens (tertiary/aromatic N) is 2. The van der Waals surface area contributed by atoms with Gasteiger partial charge in [0.25, 0.3) is 0 Å². The molecule has 1 aromatic carbocycles. The molecule has 5 rings (SSSR count). The summed E-state index contributed by atoms with van der Waals surface area (Å²) in [5.74, 6) is 1.77. The Bertz CT molecular complexity index is 757. The van der Waals surface area contributed by atoms with E-state index in [0.717, 1.165) is 41.2 Å². The minimum Gasteiger partial charge on any atom is -0.497 e. The number of hydrogen-bond acceptors (Lipinski definition) is 5. The van der Waals surface area contributed by atoms with Gasteiger partial charge in [-0.1, -0.05) is 6.07 Å². The topological polar surface area (TPSA) is 49.4 Å². The molecule has 2 N–H and O–H groups in total. The molecule has 3 aliphatic rings. The minimum atomic E-state index is 0.399. The second-order valence-electron chi connectivity index (χ2n) is 8.14. The highest BCUT2D eigenvalue weighted by Gasteiger charge is 2.33. The van der Waals surface area contributed by atoms with Crippen LogP contribution in [-0.2, 0) is 0 Å². The summed E-state index contributed by atoms with van der Waals surface area (Å²) in [5.41, 5.74) is 2.07. The molecule has 27 heavy (non-hydrogen) atoms. The fourth-order valence-electron chi connectivity index (χ4n) is 4.62. The maximum Gasteiger partial charge on any atom is 0.121 e. The fraction of sp³-hybridized carbons (Fsp3) is 0.591. The van der Waals surface area contributed by atoms with Gasteiger partial charge in [0.15, 0.2) is 0 Å². The number of pyridine rings is 1. The van der Waals surface area contributed by atoms with Crippen molar-refractivity contribution in [2.75, 3.05) is 38.6 Å². The monoisotopic (exact) mass is 368 g/mol. The first-order valence-electron chi connectivity index (χ1n) is 10.4. The SMILES string of the molecule is COc1cc(N[C@H](C)CCCN[C@H]2CN3CCC2CC3)c2ncccc2c1. The summed E-state index contributed by atoms with van der Waals surface area (Å²) < 4.78 is 5.45. The molecule has 3 saturated heterocycles. The molecule has 0 saturated carbocycles. The molecule has 0 amide bonds. The smallest absolute Gasteiger partial charge is 0.121 e. The van der Waals surface area contributed by atoms with Crippen molar-refractivity contribution in [3.8, 4) is 5.75 Å². The Kier molecular flexibility index (Phi) is 5.79. The lowest BCUT2D eigenvalue weighted by Gasteiger charge is -2.45. The Balaban J connectivity index is 1.28. The van der Waals surface area contributed by atoms with Crippen molar-refractivity contribution in [2.24, 2.45) is 5.92 Å². The molecule has 2 bridgehead atoms. The summed E-state index contributed by atoms with van der Waals surface area (Å²) in [6, 6.07) is 9.25. The predicted molar refractivity (Wildman–Crippen MR) is 112 cm³/mol. The molecule has 2 atom stereocenters. The van der Waals surface area contributed by atoms with Crippen LogP contribution < -0.4 is 15.4 Å². The highest BCUT2D eigenvalue weighted by molar-refractivity contribution is 5.91. The fourth-order valence-corrected chi connectivity index (χ4v) is 4.62. The number of hydrogen-bond donors (Lipinski definition) is 2. The zero-order valence-corrected chi connectivity index (χ0v) is 16.6. The van der Waals surface area contributed by atoms with Gasteiger partial charge >= 0.3 is 0 Å². The molecule has 1 aromatic heterocycles. The van der Waals surface area contributed by atoms with Crippen LogP contribution >= 0.6 is 0 Å². The zero-order valence-electron chi connectivity index (χ0n) is 16.6. The summed E-state index contributed by atoms with van der Waals surface area (Å²) in [4.78, 5) is 7.17. The van der Waals surface area contributed by atoms with Gasteiger partial charge in [-0.15, -0.1) is 0 Å². The second kappa shape index (κ2) is 8.44. The van der Waals surface area contributed by atoms with Crippen molar-refractivity contribution in [2.45, 2.75) is 44.7 Å². The quantitative estimate of drug-likeness (QED) is 0.699. The van der Waals surface area contributed by atoms with Crippen molar-refractivity contribution in [3.05, 3.63) is 30.5 Å². The Morgan fingerprint density at radius 1 is 1.30 bits per heavy atom. The molecule has 3 aliphatic heterocycles. The Morgan fingerprint density at radius 2 is 2.15 bits per heavy atom. The van der Waals surface area contributed by atoms with E-state index in [-0.39, 0.29) is 0 Å². The third-order valence-electron chi connectivity index (χ3n) is 6.19. The lowest BCUT2D eigenvalue weighted by Crippen LogP contribution is -2.56. The molecule has 3 fully saturated rings. The van der Waals surface area contributed by atoms with E-state index in [9.17, 15) is 0 Å². The van der Waals surface area contributed by atoms with E-state index in [1.165, 1.54) is 38.9 Å². The number of ether oxygens (including phenoxy) is 1. The highest BCUT2D eigenvalue weighted by atomic mass is 16.5. The summed E-state index contributed by atoms with van der Waals surface area (Å²) in [5, 5.41) is 8.57. The summed E-state index contributed by atoms with van der Waals surface area (Å²) in [6.07, 6.45) is 6.94. The molecule has 0 radical (unpaired) electrons. The van der Waals surface area contributed by atoms with Crippen LogP contribution in [0.1, 0.15) is 32.6 Å². The second-order valence-corrected chi connectivity index (χ2v) is 8.14. The van der Waals surface area contributed by atoms with E-state index in [4.69, 9.17) is 4.74 Å². The number of fused-ring (bicyclic) bond motifs is 4. The van der Waals surface area contributed by atoms with Gasteiger partial charge in [0.2, 0.25) is 0 Å². The third kappa shape index (κ3) is 4.36. The first-order valence-corrected chi connectivity index (χ1v) is 10.4. The number of anilines is 1. The van der Waals surface area contributed by atoms with Crippen LogP contribution in [0.5, 0.6) is 5.75 Å². The van der Waals surface area contributed by atoms with Gasteiger partial charge in [0.05, 0.1) is 18.3 Å². The Labute approximate surface area is 162 Å². The van der Waals surface area contributed by atoms with Crippen molar-refractivity contribution < 1.29 is 4.74 Å². The van der Waals surface area contributed by atoms with Crippen molar-refractivity contribution in [1.29, 1.82) is 0 Å². The van der Waals surface area contributed by atoms with Crippen molar-refractivity contribution in [3.63, 3.8) is 0 Å². The third-order valence-corrected chi connectivity index (χ3v) is 6.19. The van der Waals surface area contributed by atoms with Crippen LogP contribution in [0.25, 0.3) is 10.9 Å². The van der Waals surface area contributed by atoms with Gasteiger partial charge in [-0.25, -0.2) is 0 Å². The maximum atomic E-state index is 5.45. The molecule has 146 valence electrons. The molecule has 4 heterocycles. The first kappa shape index (κ1) is 18.5. The number of benzene rings is 1. The van der Waals surface area contributed by atoms with Gasteiger partial charge < -0.3 is 20.3 Å². The summed E-state index contributed by atoms with van der Waals surface area (Å²) in [6.45, 7) is 7.24. The minimum absolute atomic E-state index is 0.399. The van der Waals surface area contributed by atoms with Gasteiger partial charge in [0.1, 0.15) is 5.75 Å². The van der Waals surface area contributed by atoms with E-state index < -0.39 is 0 Å². The largest absolute Gasteiger partial charge is 0.497 e. The van der Waals surface area contributed by atoms with Crippen LogP contribution in [0.4, 0.5) is 5.69 Å². The van der Waals surface area contributed by atoms with E-state index in [1.807, 2.05) is 18.3 Å². The van der Waals surface area contributed by atoms with Crippen LogP contribution in [-0.4, -0.2) is 55.3 Å². The van der Waals surface area contributed by atoms with Crippen molar-refractivity contribution in [1.82, 2.24) is 15.2 Å². The van der Waals surface area contributed by atoms with Crippen LogP contribution in [0, 0.1) is 5.92 Å². The highest BCUT2D eigenvalue weighted by Crippen LogP contribution is 2.29. The van der Waals surface area contributed by atoms with Gasteiger partial charge in [0, 0.05) is 36.3 Å². The van der Waals surface area contributed by atoms with E-state index in [1.54, 1.807) is 7.11 Å². The zero-order chi connectivity index (χ0) is 18.6. The average molecular weight is 369 g/mol. The first-order chi connectivity index (χ1) is 13.2. The molecular weight excluding hydrogens is 336 g/mol. The lowest BCUT2D eigenvalue weighted by atomic mass is 9.84. The molecule has 5 nitrogen and oxygen atoms in total. The molecule has 0 aliphatic carbocycles. The summed E-state index contributed by atoms with van der Waals surface area (Å²) in [7, 11) is 1.71. The Morgan fingerprint density at radius 3 is 2.89 bits per heavy atom. The van der Waals surface area contributed by atoms with E-state index in [2.05, 4.69) is 39.6 Å². The normalized spacial score (nSPS) is 25.5. The lowest BCUT2D eigenvalue weighted by molar-refractivity contribution is 0.0727. The van der Waals surface area contributed by atoms with Gasteiger partial charge in [-0.05, 0) is 70.3 Å². The standard InChI is InChI=1S/C22H32N4O/c1-16(5-3-9-23-21-15-26-11-7-17(21)8-12-26)25-20-14-19(27-2)13-18-6-4-10-24-22(18)20/h4,6,10,13-14,16-17,21,23,25H,3,5,7-9,11-12,15H2,1-2H3/t16-,21+/m1/s1. The average Bonchev–Trinajstić information content (AvgIpc) is 2.72. The van der Waals surface area contributed by atoms with Crippen molar-refractivity contribution >= 4 is 16.6 Å².